The number of rotatable bonds is 1. The van der Waals surface area contributed by atoms with Crippen LogP contribution in [0.4, 0.5) is 0 Å². The Morgan fingerprint density at radius 1 is 1.37 bits per heavy atom. The molecule has 2 fully saturated rings. The molecule has 2 saturated heterocycles. The SMILES string of the molecule is O=C(c1cncc(Br)c1)N1CCCC2(C1)OCCO2. The molecule has 0 N–H and O–H groups in total. The number of hydrogen-bond acceptors (Lipinski definition) is 4. The van der Waals surface area contributed by atoms with Gasteiger partial charge >= 0.3 is 0 Å². The molecule has 3 rings (SSSR count). The molecule has 0 saturated carbocycles. The smallest absolute Gasteiger partial charge is 0.255 e. The summed E-state index contributed by atoms with van der Waals surface area (Å²) in [5, 5.41) is 0. The van der Waals surface area contributed by atoms with Crippen molar-refractivity contribution in [3.05, 3.63) is 28.5 Å². The van der Waals surface area contributed by atoms with E-state index < -0.39 is 5.79 Å². The van der Waals surface area contributed by atoms with E-state index in [1.54, 1.807) is 23.4 Å². The third-order valence-electron chi connectivity index (χ3n) is 3.47. The molecule has 0 bridgehead atoms. The summed E-state index contributed by atoms with van der Waals surface area (Å²) in [4.78, 5) is 18.3. The summed E-state index contributed by atoms with van der Waals surface area (Å²) >= 11 is 3.33. The van der Waals surface area contributed by atoms with Gasteiger partial charge in [-0.05, 0) is 28.4 Å². The Balaban J connectivity index is 1.76. The highest BCUT2D eigenvalue weighted by Gasteiger charge is 2.42. The van der Waals surface area contributed by atoms with Crippen LogP contribution in [-0.4, -0.2) is 47.9 Å². The highest BCUT2D eigenvalue weighted by atomic mass is 79.9. The molecule has 0 atom stereocenters. The van der Waals surface area contributed by atoms with Crippen molar-refractivity contribution < 1.29 is 14.3 Å². The lowest BCUT2D eigenvalue weighted by Crippen LogP contribution is -2.51. The molecular formula is C13H15BrN2O3. The summed E-state index contributed by atoms with van der Waals surface area (Å²) < 4.78 is 12.2. The number of piperidine rings is 1. The van der Waals surface area contributed by atoms with Gasteiger partial charge in [-0.1, -0.05) is 0 Å². The first kappa shape index (κ1) is 13.0. The second-order valence-electron chi connectivity index (χ2n) is 4.83. The summed E-state index contributed by atoms with van der Waals surface area (Å²) in [7, 11) is 0. The van der Waals surface area contributed by atoms with Crippen LogP contribution in [0.5, 0.6) is 0 Å². The van der Waals surface area contributed by atoms with Gasteiger partial charge in [-0.15, -0.1) is 0 Å². The molecule has 1 aromatic rings. The van der Waals surface area contributed by atoms with Crippen molar-refractivity contribution in [2.75, 3.05) is 26.3 Å². The number of hydrogen-bond donors (Lipinski definition) is 0. The van der Waals surface area contributed by atoms with E-state index in [1.807, 2.05) is 0 Å². The molecule has 3 heterocycles. The molecule has 1 aromatic heterocycles. The van der Waals surface area contributed by atoms with Gasteiger partial charge in [-0.3, -0.25) is 9.78 Å². The Hall–Kier alpha value is -0.980. The van der Waals surface area contributed by atoms with E-state index in [4.69, 9.17) is 9.47 Å². The fourth-order valence-corrected chi connectivity index (χ4v) is 2.97. The Kier molecular flexibility index (Phi) is 3.56. The average molecular weight is 327 g/mol. The number of carbonyl (C=O) groups is 1. The number of ether oxygens (including phenoxy) is 2. The molecule has 2 aliphatic rings. The normalized spacial score (nSPS) is 21.8. The molecular weight excluding hydrogens is 312 g/mol. The second kappa shape index (κ2) is 5.19. The van der Waals surface area contributed by atoms with Gasteiger partial charge in [0.2, 0.25) is 0 Å². The van der Waals surface area contributed by atoms with Crippen molar-refractivity contribution >= 4 is 21.8 Å². The van der Waals surface area contributed by atoms with E-state index in [1.165, 1.54) is 0 Å². The van der Waals surface area contributed by atoms with Crippen molar-refractivity contribution in [1.29, 1.82) is 0 Å². The van der Waals surface area contributed by atoms with Crippen LogP contribution in [-0.2, 0) is 9.47 Å². The molecule has 2 aliphatic heterocycles. The number of pyridine rings is 1. The lowest BCUT2D eigenvalue weighted by atomic mass is 10.0. The molecule has 6 heteroatoms. The molecule has 1 amide bonds. The molecule has 19 heavy (non-hydrogen) atoms. The third-order valence-corrected chi connectivity index (χ3v) is 3.90. The number of nitrogens with zero attached hydrogens (tertiary/aromatic N) is 2. The zero-order valence-electron chi connectivity index (χ0n) is 10.5. The van der Waals surface area contributed by atoms with Crippen LogP contribution in [0.1, 0.15) is 23.2 Å². The first-order valence-electron chi connectivity index (χ1n) is 6.36. The maximum absolute atomic E-state index is 12.4. The van der Waals surface area contributed by atoms with E-state index in [9.17, 15) is 4.79 Å². The number of amides is 1. The topological polar surface area (TPSA) is 51.7 Å². The summed E-state index contributed by atoms with van der Waals surface area (Å²) in [6, 6.07) is 1.78. The van der Waals surface area contributed by atoms with E-state index in [2.05, 4.69) is 20.9 Å². The zero-order valence-corrected chi connectivity index (χ0v) is 12.1. The van der Waals surface area contributed by atoms with Crippen molar-refractivity contribution in [3.8, 4) is 0 Å². The Labute approximate surface area is 120 Å². The highest BCUT2D eigenvalue weighted by molar-refractivity contribution is 9.10. The van der Waals surface area contributed by atoms with E-state index >= 15 is 0 Å². The Bertz CT molecular complexity index is 489. The second-order valence-corrected chi connectivity index (χ2v) is 5.75. The minimum Gasteiger partial charge on any atom is -0.346 e. The molecule has 1 spiro atoms. The molecule has 102 valence electrons. The van der Waals surface area contributed by atoms with Gasteiger partial charge in [0.25, 0.3) is 5.91 Å². The molecule has 0 radical (unpaired) electrons. The maximum Gasteiger partial charge on any atom is 0.255 e. The van der Waals surface area contributed by atoms with Gasteiger partial charge in [-0.2, -0.15) is 0 Å². The van der Waals surface area contributed by atoms with Crippen LogP contribution in [0.15, 0.2) is 22.9 Å². The third kappa shape index (κ3) is 2.66. The predicted molar refractivity (Wildman–Crippen MR) is 71.7 cm³/mol. The Morgan fingerprint density at radius 2 is 2.16 bits per heavy atom. The van der Waals surface area contributed by atoms with Crippen molar-refractivity contribution in [3.63, 3.8) is 0 Å². The molecule has 0 aliphatic carbocycles. The van der Waals surface area contributed by atoms with E-state index in [-0.39, 0.29) is 5.91 Å². The minimum atomic E-state index is -0.576. The van der Waals surface area contributed by atoms with Gasteiger partial charge in [-0.25, -0.2) is 0 Å². The monoisotopic (exact) mass is 326 g/mol. The van der Waals surface area contributed by atoms with Crippen LogP contribution in [0.2, 0.25) is 0 Å². The number of carbonyl (C=O) groups excluding carboxylic acids is 1. The van der Waals surface area contributed by atoms with Gasteiger partial charge < -0.3 is 14.4 Å². The lowest BCUT2D eigenvalue weighted by Gasteiger charge is -2.38. The molecule has 0 aromatic carbocycles. The van der Waals surface area contributed by atoms with Crippen LogP contribution >= 0.6 is 15.9 Å². The number of halogens is 1. The maximum atomic E-state index is 12.4. The summed E-state index contributed by atoms with van der Waals surface area (Å²) in [6.45, 7) is 2.46. The molecule has 5 nitrogen and oxygen atoms in total. The van der Waals surface area contributed by atoms with Gasteiger partial charge in [0.05, 0.1) is 25.3 Å². The van der Waals surface area contributed by atoms with Crippen LogP contribution in [0, 0.1) is 0 Å². The zero-order chi connectivity index (χ0) is 13.3. The fourth-order valence-electron chi connectivity index (χ4n) is 2.61. The van der Waals surface area contributed by atoms with Crippen molar-refractivity contribution in [1.82, 2.24) is 9.88 Å². The fraction of sp³-hybridized carbons (Fsp3) is 0.538. The van der Waals surface area contributed by atoms with Crippen LogP contribution in [0.3, 0.4) is 0 Å². The first-order valence-corrected chi connectivity index (χ1v) is 7.16. The summed E-state index contributed by atoms with van der Waals surface area (Å²) in [6.07, 6.45) is 5.00. The highest BCUT2D eigenvalue weighted by Crippen LogP contribution is 2.30. The summed E-state index contributed by atoms with van der Waals surface area (Å²) in [5.74, 6) is -0.597. The van der Waals surface area contributed by atoms with Gasteiger partial charge in [0.15, 0.2) is 5.79 Å². The molecule has 0 unspecified atom stereocenters. The van der Waals surface area contributed by atoms with Crippen LogP contribution in [0.25, 0.3) is 0 Å². The number of likely N-dealkylation sites (tertiary alicyclic amines) is 1. The van der Waals surface area contributed by atoms with Crippen molar-refractivity contribution in [2.45, 2.75) is 18.6 Å². The summed E-state index contributed by atoms with van der Waals surface area (Å²) in [5.41, 5.74) is 0.587. The lowest BCUT2D eigenvalue weighted by molar-refractivity contribution is -0.183. The average Bonchev–Trinajstić information content (AvgIpc) is 2.86. The van der Waals surface area contributed by atoms with Crippen LogP contribution < -0.4 is 0 Å². The van der Waals surface area contributed by atoms with E-state index in [0.717, 1.165) is 23.9 Å². The number of aromatic nitrogens is 1. The Morgan fingerprint density at radius 3 is 2.89 bits per heavy atom. The van der Waals surface area contributed by atoms with Gasteiger partial charge in [0, 0.05) is 29.8 Å². The minimum absolute atomic E-state index is 0.0213. The van der Waals surface area contributed by atoms with Crippen molar-refractivity contribution in [2.24, 2.45) is 0 Å². The standard InChI is InChI=1S/C13H15BrN2O3/c14-11-6-10(7-15-8-11)12(17)16-3-1-2-13(9-16)18-4-5-19-13/h6-8H,1-5,9H2. The predicted octanol–water partition coefficient (Wildman–Crippen LogP) is 1.82. The largest absolute Gasteiger partial charge is 0.346 e. The quantitative estimate of drug-likeness (QED) is 0.790. The van der Waals surface area contributed by atoms with Gasteiger partial charge in [0.1, 0.15) is 0 Å². The van der Waals surface area contributed by atoms with E-state index in [0.29, 0.717) is 25.3 Å². The first-order chi connectivity index (χ1) is 9.19.